The van der Waals surface area contributed by atoms with Gasteiger partial charge in [-0.3, -0.25) is 9.00 Å². The average Bonchev–Trinajstić information content (AvgIpc) is 2.42. The van der Waals surface area contributed by atoms with Gasteiger partial charge in [-0.1, -0.05) is 0 Å². The second-order valence-corrected chi connectivity index (χ2v) is 6.19. The Kier molecular flexibility index (Phi) is 2.81. The van der Waals surface area contributed by atoms with Crippen LogP contribution in [0.3, 0.4) is 0 Å². The Morgan fingerprint density at radius 2 is 2.28 bits per heavy atom. The van der Waals surface area contributed by atoms with Gasteiger partial charge in [0.25, 0.3) is 0 Å². The number of amides is 1. The average molecular weight is 268 g/mol. The number of anilines is 2. The maximum atomic E-state index is 13.2. The number of nitrogens with zero attached hydrogens (tertiary/aromatic N) is 1. The third-order valence-corrected chi connectivity index (χ3v) is 4.74. The summed E-state index contributed by atoms with van der Waals surface area (Å²) in [5.41, 5.74) is 1.33. The molecule has 1 aromatic carbocycles. The lowest BCUT2D eigenvalue weighted by molar-refractivity contribution is -0.116. The van der Waals surface area contributed by atoms with Crippen LogP contribution in [0.5, 0.6) is 0 Å². The number of hydrogen-bond acceptors (Lipinski definition) is 3. The highest BCUT2D eigenvalue weighted by Crippen LogP contribution is 2.33. The summed E-state index contributed by atoms with van der Waals surface area (Å²) in [6.07, 6.45) is 0.308. The van der Waals surface area contributed by atoms with E-state index in [2.05, 4.69) is 10.2 Å². The summed E-state index contributed by atoms with van der Waals surface area (Å²) in [5, 5.41) is 2.71. The minimum Gasteiger partial charge on any atom is -0.364 e. The van der Waals surface area contributed by atoms with Crippen LogP contribution in [-0.2, 0) is 15.6 Å². The van der Waals surface area contributed by atoms with E-state index in [4.69, 9.17) is 0 Å². The highest BCUT2D eigenvalue weighted by Gasteiger charge is 2.32. The number of rotatable bonds is 0. The lowest BCUT2D eigenvalue weighted by Gasteiger charge is -2.35. The molecule has 0 aromatic heterocycles. The molecule has 1 fully saturated rings. The zero-order chi connectivity index (χ0) is 12.7. The summed E-state index contributed by atoms with van der Waals surface area (Å²) >= 11 is 0. The fourth-order valence-electron chi connectivity index (χ4n) is 2.53. The Morgan fingerprint density at radius 1 is 1.44 bits per heavy atom. The minimum absolute atomic E-state index is 0.0497. The Morgan fingerprint density at radius 3 is 3.11 bits per heavy atom. The molecule has 2 atom stereocenters. The van der Waals surface area contributed by atoms with Gasteiger partial charge in [0.05, 0.1) is 11.4 Å². The van der Waals surface area contributed by atoms with Crippen LogP contribution in [0.2, 0.25) is 0 Å². The molecule has 0 spiro atoms. The van der Waals surface area contributed by atoms with E-state index >= 15 is 0 Å². The van der Waals surface area contributed by atoms with Gasteiger partial charge in [0, 0.05) is 41.3 Å². The molecule has 0 aliphatic carbocycles. The fourth-order valence-corrected chi connectivity index (χ4v) is 3.82. The summed E-state index contributed by atoms with van der Waals surface area (Å²) in [6.45, 7) is 0.644. The van der Waals surface area contributed by atoms with E-state index in [1.165, 1.54) is 12.1 Å². The van der Waals surface area contributed by atoms with Crippen molar-refractivity contribution >= 4 is 28.1 Å². The number of fused-ring (bicyclic) bond motifs is 3. The second-order valence-electron chi connectivity index (χ2n) is 4.57. The van der Waals surface area contributed by atoms with Crippen molar-refractivity contribution in [3.63, 3.8) is 0 Å². The van der Waals surface area contributed by atoms with Crippen LogP contribution < -0.4 is 10.2 Å². The van der Waals surface area contributed by atoms with Gasteiger partial charge >= 0.3 is 0 Å². The number of nitrogens with one attached hydrogen (secondary N) is 1. The first-order chi connectivity index (χ1) is 8.63. The molecule has 0 saturated carbocycles. The molecule has 2 heterocycles. The standard InChI is InChI=1S/C12H13FN2O2S/c13-8-1-2-11-10(5-8)14-12(16)6-9-7-18(17)4-3-15(9)11/h1-2,5,9H,3-4,6-7H2,(H,14,16). The van der Waals surface area contributed by atoms with Gasteiger partial charge in [-0.15, -0.1) is 0 Å². The molecule has 0 radical (unpaired) electrons. The number of carbonyl (C=O) groups is 1. The van der Waals surface area contributed by atoms with Crippen molar-refractivity contribution in [1.29, 1.82) is 0 Å². The Balaban J connectivity index is 2.04. The van der Waals surface area contributed by atoms with Crippen LogP contribution >= 0.6 is 0 Å². The lowest BCUT2D eigenvalue weighted by atomic mass is 10.1. The number of halogens is 1. The molecule has 1 amide bonds. The van der Waals surface area contributed by atoms with E-state index < -0.39 is 10.8 Å². The van der Waals surface area contributed by atoms with Gasteiger partial charge in [0.2, 0.25) is 5.91 Å². The summed E-state index contributed by atoms with van der Waals surface area (Å²) in [6, 6.07) is 4.35. The zero-order valence-corrected chi connectivity index (χ0v) is 10.5. The summed E-state index contributed by atoms with van der Waals surface area (Å²) in [5.74, 6) is 0.590. The van der Waals surface area contributed by atoms with Gasteiger partial charge in [-0.05, 0) is 18.2 Å². The fraction of sp³-hybridized carbons (Fsp3) is 0.417. The van der Waals surface area contributed by atoms with Gasteiger partial charge in [0.1, 0.15) is 5.82 Å². The first-order valence-corrected chi connectivity index (χ1v) is 7.33. The smallest absolute Gasteiger partial charge is 0.226 e. The van der Waals surface area contributed by atoms with Gasteiger partial charge in [0.15, 0.2) is 0 Å². The number of carbonyl (C=O) groups excluding carboxylic acids is 1. The van der Waals surface area contributed by atoms with Crippen LogP contribution in [0.25, 0.3) is 0 Å². The summed E-state index contributed by atoms with van der Waals surface area (Å²) in [7, 11) is -0.858. The van der Waals surface area contributed by atoms with Crippen molar-refractivity contribution in [3.05, 3.63) is 24.0 Å². The van der Waals surface area contributed by atoms with E-state index in [0.29, 0.717) is 30.2 Å². The molecule has 3 rings (SSSR count). The summed E-state index contributed by atoms with van der Waals surface area (Å²) < 4.78 is 24.8. The molecule has 0 bridgehead atoms. The molecule has 1 N–H and O–H groups in total. The third kappa shape index (κ3) is 2.01. The van der Waals surface area contributed by atoms with Crippen molar-refractivity contribution in [3.8, 4) is 0 Å². The van der Waals surface area contributed by atoms with Crippen molar-refractivity contribution in [2.24, 2.45) is 0 Å². The van der Waals surface area contributed by atoms with Crippen molar-refractivity contribution in [1.82, 2.24) is 0 Å². The lowest BCUT2D eigenvalue weighted by Crippen LogP contribution is -2.47. The predicted octanol–water partition coefficient (Wildman–Crippen LogP) is 1.11. The highest BCUT2D eigenvalue weighted by atomic mass is 32.2. The first kappa shape index (κ1) is 11.6. The Bertz CT molecular complexity index is 535. The molecule has 1 aromatic rings. The Hall–Kier alpha value is -1.43. The van der Waals surface area contributed by atoms with Crippen LogP contribution in [0, 0.1) is 5.82 Å². The van der Waals surface area contributed by atoms with E-state index in [0.717, 1.165) is 5.69 Å². The molecular formula is C12H13FN2O2S. The molecule has 2 aliphatic heterocycles. The monoisotopic (exact) mass is 268 g/mol. The minimum atomic E-state index is -0.858. The SMILES string of the molecule is O=C1CC2CS(=O)CCN2c2ccc(F)cc2N1. The first-order valence-electron chi connectivity index (χ1n) is 5.84. The summed E-state index contributed by atoms with van der Waals surface area (Å²) in [4.78, 5) is 13.8. The molecule has 18 heavy (non-hydrogen) atoms. The normalized spacial score (nSPS) is 26.9. The van der Waals surface area contributed by atoms with Crippen LogP contribution in [0.4, 0.5) is 15.8 Å². The number of benzene rings is 1. The van der Waals surface area contributed by atoms with Crippen molar-refractivity contribution in [2.45, 2.75) is 12.5 Å². The molecule has 6 heteroatoms. The maximum Gasteiger partial charge on any atom is 0.226 e. The molecule has 2 aliphatic rings. The molecular weight excluding hydrogens is 255 g/mol. The Labute approximate surface area is 107 Å². The predicted molar refractivity (Wildman–Crippen MR) is 68.7 cm³/mol. The van der Waals surface area contributed by atoms with Crippen LogP contribution in [0.15, 0.2) is 18.2 Å². The number of hydrogen-bond donors (Lipinski definition) is 1. The van der Waals surface area contributed by atoms with Crippen LogP contribution in [0.1, 0.15) is 6.42 Å². The van der Waals surface area contributed by atoms with Crippen molar-refractivity contribution < 1.29 is 13.4 Å². The van der Waals surface area contributed by atoms with Crippen molar-refractivity contribution in [2.75, 3.05) is 28.3 Å². The van der Waals surface area contributed by atoms with E-state index in [9.17, 15) is 13.4 Å². The maximum absolute atomic E-state index is 13.2. The highest BCUT2D eigenvalue weighted by molar-refractivity contribution is 7.85. The van der Waals surface area contributed by atoms with E-state index in [1.807, 2.05) is 0 Å². The van der Waals surface area contributed by atoms with Gasteiger partial charge < -0.3 is 10.2 Å². The quantitative estimate of drug-likeness (QED) is 0.766. The van der Waals surface area contributed by atoms with E-state index in [1.54, 1.807) is 6.07 Å². The van der Waals surface area contributed by atoms with Gasteiger partial charge in [-0.2, -0.15) is 0 Å². The topological polar surface area (TPSA) is 49.4 Å². The molecule has 1 saturated heterocycles. The van der Waals surface area contributed by atoms with Gasteiger partial charge in [-0.25, -0.2) is 4.39 Å². The van der Waals surface area contributed by atoms with E-state index in [-0.39, 0.29) is 17.8 Å². The second kappa shape index (κ2) is 4.35. The zero-order valence-electron chi connectivity index (χ0n) is 9.69. The third-order valence-electron chi connectivity index (χ3n) is 3.34. The largest absolute Gasteiger partial charge is 0.364 e. The molecule has 2 unspecified atom stereocenters. The molecule has 4 nitrogen and oxygen atoms in total. The molecule has 96 valence electrons. The van der Waals surface area contributed by atoms with Crippen LogP contribution in [-0.4, -0.2) is 34.2 Å².